The number of amides is 2. The molecule has 1 aliphatic heterocycles. The van der Waals surface area contributed by atoms with Crippen LogP contribution in [0.1, 0.15) is 39.9 Å². The van der Waals surface area contributed by atoms with Gasteiger partial charge in [-0.25, -0.2) is 0 Å². The Balaban J connectivity index is 2.12. The third-order valence-corrected chi connectivity index (χ3v) is 4.41. The van der Waals surface area contributed by atoms with Crippen molar-refractivity contribution in [1.82, 2.24) is 10.2 Å². The Morgan fingerprint density at radius 2 is 1.91 bits per heavy atom. The zero-order chi connectivity index (χ0) is 17.0. The van der Waals surface area contributed by atoms with Gasteiger partial charge in [0.1, 0.15) is 0 Å². The summed E-state index contributed by atoms with van der Waals surface area (Å²) in [4.78, 5) is 26.9. The van der Waals surface area contributed by atoms with Crippen LogP contribution in [0.3, 0.4) is 0 Å². The van der Waals surface area contributed by atoms with Crippen molar-refractivity contribution >= 4 is 11.8 Å². The molecule has 0 radical (unpaired) electrons. The average molecular weight is 317 g/mol. The van der Waals surface area contributed by atoms with Crippen LogP contribution in [0.2, 0.25) is 0 Å². The molecule has 2 rings (SSSR count). The second-order valence-electron chi connectivity index (χ2n) is 6.44. The van der Waals surface area contributed by atoms with E-state index in [-0.39, 0.29) is 17.7 Å². The van der Waals surface area contributed by atoms with E-state index in [1.165, 1.54) is 0 Å². The molecule has 23 heavy (non-hydrogen) atoms. The number of carbonyl (C=O) groups excluding carboxylic acids is 2. The molecule has 126 valence electrons. The molecule has 1 saturated heterocycles. The van der Waals surface area contributed by atoms with Gasteiger partial charge in [0.05, 0.1) is 5.92 Å². The van der Waals surface area contributed by atoms with Gasteiger partial charge in [0, 0.05) is 31.7 Å². The predicted molar refractivity (Wildman–Crippen MR) is 91.3 cm³/mol. The molecule has 1 unspecified atom stereocenters. The number of benzene rings is 1. The molecule has 0 aliphatic carbocycles. The van der Waals surface area contributed by atoms with Gasteiger partial charge >= 0.3 is 0 Å². The highest BCUT2D eigenvalue weighted by Crippen LogP contribution is 2.23. The Bertz CT molecular complexity index is 575. The molecule has 0 spiro atoms. The molecule has 3 N–H and O–H groups in total. The number of nitrogens with one attached hydrogen (secondary N) is 1. The van der Waals surface area contributed by atoms with Crippen molar-refractivity contribution < 1.29 is 9.59 Å². The Kier molecular flexibility index (Phi) is 5.77. The second kappa shape index (κ2) is 7.59. The number of rotatable bonds is 4. The standard InChI is InChI=1S/C18H27N3O2/c1-12-9-13(2)16(14(3)10-12)18(23)21-8-4-5-15(11-21)17(22)20-7-6-19/h9-10,15H,4-8,11,19H2,1-3H3,(H,20,22). The van der Waals surface area contributed by atoms with Gasteiger partial charge in [-0.05, 0) is 44.7 Å². The number of nitrogens with two attached hydrogens (primary N) is 1. The highest BCUT2D eigenvalue weighted by molar-refractivity contribution is 5.97. The Morgan fingerprint density at radius 1 is 1.26 bits per heavy atom. The topological polar surface area (TPSA) is 75.4 Å². The lowest BCUT2D eigenvalue weighted by Gasteiger charge is -2.33. The predicted octanol–water partition coefficient (Wildman–Crippen LogP) is 1.54. The number of carbonyl (C=O) groups is 2. The Labute approximate surface area is 138 Å². The van der Waals surface area contributed by atoms with Crippen LogP contribution in [-0.4, -0.2) is 42.9 Å². The van der Waals surface area contributed by atoms with Crippen LogP contribution < -0.4 is 11.1 Å². The van der Waals surface area contributed by atoms with Crippen LogP contribution >= 0.6 is 0 Å². The van der Waals surface area contributed by atoms with Gasteiger partial charge in [0.2, 0.25) is 5.91 Å². The van der Waals surface area contributed by atoms with E-state index in [2.05, 4.69) is 5.32 Å². The molecule has 0 bridgehead atoms. The highest BCUT2D eigenvalue weighted by Gasteiger charge is 2.29. The van der Waals surface area contributed by atoms with E-state index in [0.717, 1.165) is 35.1 Å². The van der Waals surface area contributed by atoms with Crippen molar-refractivity contribution in [1.29, 1.82) is 0 Å². The number of hydrogen-bond donors (Lipinski definition) is 2. The summed E-state index contributed by atoms with van der Waals surface area (Å²) in [6, 6.07) is 4.07. The molecule has 1 aromatic rings. The quantitative estimate of drug-likeness (QED) is 0.884. The van der Waals surface area contributed by atoms with Crippen molar-refractivity contribution in [2.45, 2.75) is 33.6 Å². The molecule has 1 fully saturated rings. The van der Waals surface area contributed by atoms with Crippen molar-refractivity contribution in [3.63, 3.8) is 0 Å². The minimum absolute atomic E-state index is 0.00491. The van der Waals surface area contributed by atoms with Crippen LogP contribution in [0.25, 0.3) is 0 Å². The summed E-state index contributed by atoms with van der Waals surface area (Å²) in [6.45, 7) is 8.11. The number of aryl methyl sites for hydroxylation is 3. The third-order valence-electron chi connectivity index (χ3n) is 4.41. The monoisotopic (exact) mass is 317 g/mol. The lowest BCUT2D eigenvalue weighted by molar-refractivity contribution is -0.126. The molecule has 1 atom stereocenters. The molecule has 5 nitrogen and oxygen atoms in total. The summed E-state index contributed by atoms with van der Waals surface area (Å²) in [6.07, 6.45) is 1.68. The SMILES string of the molecule is Cc1cc(C)c(C(=O)N2CCCC(C(=O)NCCN)C2)c(C)c1. The van der Waals surface area contributed by atoms with Gasteiger partial charge in [0.25, 0.3) is 5.91 Å². The van der Waals surface area contributed by atoms with E-state index < -0.39 is 0 Å². The largest absolute Gasteiger partial charge is 0.355 e. The van der Waals surface area contributed by atoms with Crippen LogP contribution in [0.4, 0.5) is 0 Å². The summed E-state index contributed by atoms with van der Waals surface area (Å²) >= 11 is 0. The first kappa shape index (κ1) is 17.5. The molecule has 0 aromatic heterocycles. The first-order chi connectivity index (χ1) is 10.9. The summed E-state index contributed by atoms with van der Waals surface area (Å²) in [7, 11) is 0. The lowest BCUT2D eigenvalue weighted by atomic mass is 9.94. The van der Waals surface area contributed by atoms with Crippen LogP contribution in [0, 0.1) is 26.7 Å². The molecular formula is C18H27N3O2. The lowest BCUT2D eigenvalue weighted by Crippen LogP contribution is -2.46. The molecule has 1 heterocycles. The number of nitrogens with zero attached hydrogens (tertiary/aromatic N) is 1. The smallest absolute Gasteiger partial charge is 0.254 e. The maximum atomic E-state index is 12.9. The summed E-state index contributed by atoms with van der Waals surface area (Å²) in [5.41, 5.74) is 9.37. The Morgan fingerprint density at radius 3 is 2.52 bits per heavy atom. The van der Waals surface area contributed by atoms with Crippen LogP contribution in [0.15, 0.2) is 12.1 Å². The Hall–Kier alpha value is -1.88. The van der Waals surface area contributed by atoms with Crippen LogP contribution in [0.5, 0.6) is 0 Å². The van der Waals surface area contributed by atoms with Gasteiger partial charge in [-0.3, -0.25) is 9.59 Å². The summed E-state index contributed by atoms with van der Waals surface area (Å²) in [5.74, 6) is -0.0908. The van der Waals surface area contributed by atoms with E-state index in [4.69, 9.17) is 5.73 Å². The third kappa shape index (κ3) is 4.10. The minimum Gasteiger partial charge on any atom is -0.355 e. The highest BCUT2D eigenvalue weighted by atomic mass is 16.2. The summed E-state index contributed by atoms with van der Waals surface area (Å²) in [5, 5.41) is 2.83. The molecular weight excluding hydrogens is 290 g/mol. The molecule has 1 aliphatic rings. The first-order valence-corrected chi connectivity index (χ1v) is 8.29. The van der Waals surface area contributed by atoms with E-state index in [0.29, 0.717) is 26.2 Å². The van der Waals surface area contributed by atoms with E-state index in [1.807, 2.05) is 37.8 Å². The fraction of sp³-hybridized carbons (Fsp3) is 0.556. The minimum atomic E-state index is -0.134. The van der Waals surface area contributed by atoms with E-state index in [1.54, 1.807) is 0 Å². The fourth-order valence-corrected chi connectivity index (χ4v) is 3.39. The van der Waals surface area contributed by atoms with Gasteiger partial charge in [-0.15, -0.1) is 0 Å². The van der Waals surface area contributed by atoms with Gasteiger partial charge in [-0.1, -0.05) is 17.7 Å². The van der Waals surface area contributed by atoms with Gasteiger partial charge < -0.3 is 16.0 Å². The fourth-order valence-electron chi connectivity index (χ4n) is 3.39. The van der Waals surface area contributed by atoms with E-state index in [9.17, 15) is 9.59 Å². The first-order valence-electron chi connectivity index (χ1n) is 8.29. The average Bonchev–Trinajstić information content (AvgIpc) is 2.51. The van der Waals surface area contributed by atoms with Crippen molar-refractivity contribution in [2.24, 2.45) is 11.7 Å². The van der Waals surface area contributed by atoms with Crippen molar-refractivity contribution in [3.8, 4) is 0 Å². The maximum absolute atomic E-state index is 12.9. The number of likely N-dealkylation sites (tertiary alicyclic amines) is 1. The van der Waals surface area contributed by atoms with Crippen molar-refractivity contribution in [2.75, 3.05) is 26.2 Å². The number of piperidine rings is 1. The number of hydrogen-bond acceptors (Lipinski definition) is 3. The van der Waals surface area contributed by atoms with Crippen molar-refractivity contribution in [3.05, 3.63) is 34.4 Å². The second-order valence-corrected chi connectivity index (χ2v) is 6.44. The molecule has 2 amide bonds. The molecule has 5 heteroatoms. The van der Waals surface area contributed by atoms with Gasteiger partial charge in [0.15, 0.2) is 0 Å². The zero-order valence-corrected chi connectivity index (χ0v) is 14.3. The summed E-state index contributed by atoms with van der Waals surface area (Å²) < 4.78 is 0. The van der Waals surface area contributed by atoms with E-state index >= 15 is 0 Å². The zero-order valence-electron chi connectivity index (χ0n) is 14.3. The molecule has 0 saturated carbocycles. The normalized spacial score (nSPS) is 17.9. The molecule has 1 aromatic carbocycles. The van der Waals surface area contributed by atoms with Crippen LogP contribution in [-0.2, 0) is 4.79 Å². The maximum Gasteiger partial charge on any atom is 0.254 e. The van der Waals surface area contributed by atoms with Gasteiger partial charge in [-0.2, -0.15) is 0 Å².